The van der Waals surface area contributed by atoms with Gasteiger partial charge in [-0.1, -0.05) is 6.07 Å². The molecule has 27 heavy (non-hydrogen) atoms. The standard InChI is InChI=1S/C20H23N3O4/c1-20(2,3)22-9-12(10-22)11-4-5-13-14(8-11)19(27)23(18(13)26)15-6-7-16(24)21-17(15)25/h4-5,8,12,15H,6-7,9-10H2,1-3H3,(H,21,24,25)/t15-/m0/s1/i9D2,10D2. The molecule has 1 atom stereocenters. The normalized spacial score (nSPS) is 30.0. The van der Waals surface area contributed by atoms with Gasteiger partial charge in [0.15, 0.2) is 0 Å². The summed E-state index contributed by atoms with van der Waals surface area (Å²) in [6.45, 7) is 1.15. The quantitative estimate of drug-likeness (QED) is 0.790. The average molecular weight is 373 g/mol. The third-order valence-electron chi connectivity index (χ3n) is 4.98. The molecule has 1 aromatic rings. The first-order chi connectivity index (χ1) is 14.2. The summed E-state index contributed by atoms with van der Waals surface area (Å²) < 4.78 is 33.9. The molecule has 7 heteroatoms. The van der Waals surface area contributed by atoms with E-state index in [0.29, 0.717) is 0 Å². The Labute approximate surface area is 163 Å². The zero-order chi connectivity index (χ0) is 23.1. The van der Waals surface area contributed by atoms with E-state index in [-0.39, 0.29) is 29.5 Å². The molecule has 3 aliphatic heterocycles. The second-order valence-electron chi connectivity index (χ2n) is 7.95. The number of nitrogens with one attached hydrogen (secondary N) is 1. The lowest BCUT2D eigenvalue weighted by atomic mass is 9.86. The van der Waals surface area contributed by atoms with E-state index >= 15 is 0 Å². The van der Waals surface area contributed by atoms with Gasteiger partial charge in [-0.2, -0.15) is 0 Å². The van der Waals surface area contributed by atoms with Crippen molar-refractivity contribution in [2.75, 3.05) is 13.0 Å². The number of carbonyl (C=O) groups is 4. The fourth-order valence-electron chi connectivity index (χ4n) is 3.46. The van der Waals surface area contributed by atoms with Crippen molar-refractivity contribution in [3.63, 3.8) is 0 Å². The zero-order valence-corrected chi connectivity index (χ0v) is 15.3. The van der Waals surface area contributed by atoms with Crippen LogP contribution in [0.5, 0.6) is 0 Å². The molecule has 2 fully saturated rings. The number of carbonyl (C=O) groups excluding carboxylic acids is 4. The molecule has 0 aromatic heterocycles. The lowest BCUT2D eigenvalue weighted by Crippen LogP contribution is -2.54. The van der Waals surface area contributed by atoms with Gasteiger partial charge in [-0.25, -0.2) is 0 Å². The van der Waals surface area contributed by atoms with Crippen molar-refractivity contribution < 1.29 is 24.7 Å². The van der Waals surface area contributed by atoms with E-state index in [1.165, 1.54) is 18.2 Å². The molecular weight excluding hydrogens is 346 g/mol. The van der Waals surface area contributed by atoms with Gasteiger partial charge >= 0.3 is 0 Å². The number of likely N-dealkylation sites (tertiary alicyclic amines) is 1. The summed E-state index contributed by atoms with van der Waals surface area (Å²) in [5.74, 6) is -3.70. The maximum atomic E-state index is 13.0. The summed E-state index contributed by atoms with van der Waals surface area (Å²) in [5.41, 5.74) is -0.422. The molecule has 2 saturated heterocycles. The van der Waals surface area contributed by atoms with Crippen molar-refractivity contribution in [2.45, 2.75) is 51.1 Å². The van der Waals surface area contributed by atoms with Crippen molar-refractivity contribution in [3.8, 4) is 0 Å². The van der Waals surface area contributed by atoms with Crippen LogP contribution in [0.4, 0.5) is 0 Å². The Morgan fingerprint density at radius 1 is 1.07 bits per heavy atom. The summed E-state index contributed by atoms with van der Waals surface area (Å²) in [7, 11) is 0. The molecule has 0 aliphatic carbocycles. The van der Waals surface area contributed by atoms with Gasteiger partial charge in [0.1, 0.15) is 6.04 Å². The molecule has 3 aliphatic rings. The molecular formula is C20H23N3O4. The fourth-order valence-corrected chi connectivity index (χ4v) is 3.46. The van der Waals surface area contributed by atoms with Gasteiger partial charge in [0.25, 0.3) is 11.8 Å². The summed E-state index contributed by atoms with van der Waals surface area (Å²) in [5, 5.41) is 2.13. The van der Waals surface area contributed by atoms with Crippen molar-refractivity contribution in [1.29, 1.82) is 0 Å². The second kappa shape index (κ2) is 5.99. The maximum absolute atomic E-state index is 13.0. The lowest BCUT2D eigenvalue weighted by molar-refractivity contribution is -0.136. The van der Waals surface area contributed by atoms with Crippen molar-refractivity contribution in [1.82, 2.24) is 15.1 Å². The van der Waals surface area contributed by atoms with E-state index in [4.69, 9.17) is 5.48 Å². The molecule has 3 heterocycles. The van der Waals surface area contributed by atoms with Crippen molar-refractivity contribution in [2.24, 2.45) is 0 Å². The third-order valence-corrected chi connectivity index (χ3v) is 4.98. The Balaban J connectivity index is 1.69. The largest absolute Gasteiger partial charge is 0.297 e. The van der Waals surface area contributed by atoms with Gasteiger partial charge in [0.2, 0.25) is 11.8 Å². The molecule has 1 aromatic carbocycles. The molecule has 4 amide bonds. The van der Waals surface area contributed by atoms with Crippen LogP contribution >= 0.6 is 0 Å². The maximum Gasteiger partial charge on any atom is 0.262 e. The Kier molecular flexibility index (Phi) is 3.02. The lowest BCUT2D eigenvalue weighted by Gasteiger charge is -2.48. The van der Waals surface area contributed by atoms with E-state index < -0.39 is 54.1 Å². The van der Waals surface area contributed by atoms with Gasteiger partial charge in [-0.05, 0) is 44.9 Å². The van der Waals surface area contributed by atoms with Crippen LogP contribution in [0.3, 0.4) is 0 Å². The summed E-state index contributed by atoms with van der Waals surface area (Å²) in [6, 6.07) is 3.09. The third kappa shape index (κ3) is 2.86. The van der Waals surface area contributed by atoms with Gasteiger partial charge in [-0.3, -0.25) is 34.3 Å². The fraction of sp³-hybridized carbons (Fsp3) is 0.500. The zero-order valence-electron chi connectivity index (χ0n) is 19.3. The van der Waals surface area contributed by atoms with Crippen LogP contribution < -0.4 is 5.32 Å². The summed E-state index contributed by atoms with van der Waals surface area (Å²) >= 11 is 0. The van der Waals surface area contributed by atoms with Gasteiger partial charge in [0, 0.05) is 36.4 Å². The monoisotopic (exact) mass is 373 g/mol. The number of hydrogen-bond donors (Lipinski definition) is 1. The van der Waals surface area contributed by atoms with Gasteiger partial charge < -0.3 is 0 Å². The minimum Gasteiger partial charge on any atom is -0.297 e. The number of benzene rings is 1. The Bertz CT molecular complexity index is 1020. The van der Waals surface area contributed by atoms with Crippen LogP contribution in [0, 0.1) is 0 Å². The molecule has 0 bridgehead atoms. The molecule has 0 radical (unpaired) electrons. The van der Waals surface area contributed by atoms with E-state index in [9.17, 15) is 19.2 Å². The van der Waals surface area contributed by atoms with Crippen LogP contribution in [0.1, 0.15) is 71.3 Å². The Hall–Kier alpha value is -2.54. The second-order valence-corrected chi connectivity index (χ2v) is 7.95. The number of amides is 4. The molecule has 1 N–H and O–H groups in total. The predicted octanol–water partition coefficient (Wildman–Crippen LogP) is 1.29. The topological polar surface area (TPSA) is 86.8 Å². The average Bonchev–Trinajstić information content (AvgIpc) is 2.83. The number of imide groups is 2. The van der Waals surface area contributed by atoms with Crippen LogP contribution in [0.15, 0.2) is 18.2 Å². The minimum atomic E-state index is -2.01. The smallest absolute Gasteiger partial charge is 0.262 e. The molecule has 0 unspecified atom stereocenters. The molecule has 7 nitrogen and oxygen atoms in total. The van der Waals surface area contributed by atoms with Crippen molar-refractivity contribution >= 4 is 23.6 Å². The van der Waals surface area contributed by atoms with Gasteiger partial charge in [0.05, 0.1) is 11.1 Å². The Morgan fingerprint density at radius 2 is 1.74 bits per heavy atom. The molecule has 142 valence electrons. The highest BCUT2D eigenvalue weighted by atomic mass is 16.2. The van der Waals surface area contributed by atoms with Crippen LogP contribution in [-0.2, 0) is 9.59 Å². The summed E-state index contributed by atoms with van der Waals surface area (Å²) in [4.78, 5) is 51.4. The minimum absolute atomic E-state index is 0.00742. The van der Waals surface area contributed by atoms with E-state index in [0.717, 1.165) is 9.80 Å². The highest BCUT2D eigenvalue weighted by molar-refractivity contribution is 6.23. The number of nitrogens with zero attached hydrogens (tertiary/aromatic N) is 2. The molecule has 0 spiro atoms. The molecule has 4 rings (SSSR count). The van der Waals surface area contributed by atoms with Crippen LogP contribution in [-0.4, -0.2) is 58.0 Å². The van der Waals surface area contributed by atoms with Crippen molar-refractivity contribution in [3.05, 3.63) is 34.9 Å². The number of rotatable bonds is 2. The Morgan fingerprint density at radius 3 is 2.37 bits per heavy atom. The van der Waals surface area contributed by atoms with E-state index in [2.05, 4.69) is 5.32 Å². The number of fused-ring (bicyclic) bond motifs is 1. The highest BCUT2D eigenvalue weighted by Crippen LogP contribution is 2.35. The molecule has 0 saturated carbocycles. The van der Waals surface area contributed by atoms with Gasteiger partial charge in [-0.15, -0.1) is 0 Å². The first-order valence-electron chi connectivity index (χ1n) is 10.8. The van der Waals surface area contributed by atoms with E-state index in [1.54, 1.807) is 20.8 Å². The number of piperidine rings is 1. The predicted molar refractivity (Wildman–Crippen MR) is 97.2 cm³/mol. The van der Waals surface area contributed by atoms with E-state index in [1.807, 2.05) is 0 Å². The SMILES string of the molecule is [2H]C1([2H])C(c2ccc3c(c2)C(=O)N([C@H]2CCC(=O)NC2=O)C3=O)C([2H])([2H])N1C(C)(C)C. The van der Waals surface area contributed by atoms with Crippen LogP contribution in [0.2, 0.25) is 0 Å². The first kappa shape index (κ1) is 13.6. The van der Waals surface area contributed by atoms with Crippen LogP contribution in [0.25, 0.3) is 0 Å². The summed E-state index contributed by atoms with van der Waals surface area (Å²) in [6.07, 6.45) is 0.0530. The first-order valence-corrected chi connectivity index (χ1v) is 8.85. The highest BCUT2D eigenvalue weighted by Gasteiger charge is 2.45. The number of hydrogen-bond acceptors (Lipinski definition) is 5.